The van der Waals surface area contributed by atoms with Crippen LogP contribution in [0.2, 0.25) is 0 Å². The van der Waals surface area contributed by atoms with E-state index in [4.69, 9.17) is 0 Å². The molecule has 0 unspecified atom stereocenters. The highest BCUT2D eigenvalue weighted by molar-refractivity contribution is 7.15. The Labute approximate surface area is 144 Å². The molecule has 1 aromatic heterocycles. The minimum atomic E-state index is -0.309. The van der Waals surface area contributed by atoms with Crippen molar-refractivity contribution in [3.63, 3.8) is 0 Å². The fourth-order valence-corrected chi connectivity index (χ4v) is 3.42. The first kappa shape index (κ1) is 16.6. The van der Waals surface area contributed by atoms with Gasteiger partial charge < -0.3 is 5.32 Å². The molecule has 0 fully saturated rings. The quantitative estimate of drug-likeness (QED) is 0.873. The smallest absolute Gasteiger partial charge is 0.251 e. The third kappa shape index (κ3) is 3.79. The maximum Gasteiger partial charge on any atom is 0.251 e. The zero-order valence-electron chi connectivity index (χ0n) is 13.8. The predicted octanol–water partition coefficient (Wildman–Crippen LogP) is 2.52. The fraction of sp³-hybridized carbons (Fsp3) is 0.412. The van der Waals surface area contributed by atoms with Crippen LogP contribution in [0.3, 0.4) is 0 Å². The van der Waals surface area contributed by atoms with E-state index in [1.165, 1.54) is 22.5 Å². The molecular formula is C17H20N4O2S. The SMILES string of the molecule is CC(C)c1nnc(NC(=O)CNC(=O)c2ccc3c(c2)CCC3)s1. The van der Waals surface area contributed by atoms with E-state index in [9.17, 15) is 9.59 Å². The normalized spacial score (nSPS) is 13.0. The molecular weight excluding hydrogens is 324 g/mol. The number of benzene rings is 1. The molecule has 0 bridgehead atoms. The first-order chi connectivity index (χ1) is 11.5. The van der Waals surface area contributed by atoms with E-state index in [2.05, 4.69) is 20.8 Å². The van der Waals surface area contributed by atoms with Crippen LogP contribution >= 0.6 is 11.3 Å². The molecule has 0 atom stereocenters. The summed E-state index contributed by atoms with van der Waals surface area (Å²) in [5.41, 5.74) is 3.16. The molecule has 126 valence electrons. The number of hydrogen-bond donors (Lipinski definition) is 2. The van der Waals surface area contributed by atoms with Crippen LogP contribution in [0.5, 0.6) is 0 Å². The van der Waals surface area contributed by atoms with Gasteiger partial charge in [-0.2, -0.15) is 0 Å². The number of carbonyl (C=O) groups excluding carboxylic acids is 2. The van der Waals surface area contributed by atoms with E-state index in [1.807, 2.05) is 32.0 Å². The lowest BCUT2D eigenvalue weighted by molar-refractivity contribution is -0.115. The summed E-state index contributed by atoms with van der Waals surface area (Å²) in [4.78, 5) is 24.1. The van der Waals surface area contributed by atoms with Crippen LogP contribution in [0.25, 0.3) is 0 Å². The molecule has 24 heavy (non-hydrogen) atoms. The van der Waals surface area contributed by atoms with Gasteiger partial charge in [0.15, 0.2) is 0 Å². The van der Waals surface area contributed by atoms with Crippen LogP contribution in [0.1, 0.15) is 52.7 Å². The first-order valence-electron chi connectivity index (χ1n) is 8.06. The van der Waals surface area contributed by atoms with Gasteiger partial charge in [0.2, 0.25) is 11.0 Å². The number of hydrogen-bond acceptors (Lipinski definition) is 5. The molecule has 2 aromatic rings. The van der Waals surface area contributed by atoms with E-state index in [0.29, 0.717) is 10.7 Å². The lowest BCUT2D eigenvalue weighted by Gasteiger charge is -2.07. The van der Waals surface area contributed by atoms with Crippen molar-refractivity contribution in [1.82, 2.24) is 15.5 Å². The number of amides is 2. The minimum absolute atomic E-state index is 0.0908. The standard InChI is InChI=1S/C17H20N4O2S/c1-10(2)16-20-21-17(24-16)19-14(22)9-18-15(23)13-7-6-11-4-3-5-12(11)8-13/h6-8,10H,3-5,9H2,1-2H3,(H,18,23)(H,19,21,22). The van der Waals surface area contributed by atoms with E-state index >= 15 is 0 Å². The molecule has 1 aliphatic carbocycles. The zero-order chi connectivity index (χ0) is 17.1. The molecule has 6 nitrogen and oxygen atoms in total. The van der Waals surface area contributed by atoms with Crippen molar-refractivity contribution in [3.8, 4) is 0 Å². The summed E-state index contributed by atoms with van der Waals surface area (Å²) in [5, 5.41) is 14.6. The Bertz CT molecular complexity index is 770. The van der Waals surface area contributed by atoms with Gasteiger partial charge in [-0.25, -0.2) is 0 Å². The topological polar surface area (TPSA) is 84.0 Å². The molecule has 0 radical (unpaired) electrons. The lowest BCUT2D eigenvalue weighted by atomic mass is 10.1. The summed E-state index contributed by atoms with van der Waals surface area (Å²) in [5.74, 6) is -0.274. The minimum Gasteiger partial charge on any atom is -0.343 e. The zero-order valence-corrected chi connectivity index (χ0v) is 14.6. The van der Waals surface area contributed by atoms with Crippen molar-refractivity contribution in [3.05, 3.63) is 39.9 Å². The number of carbonyl (C=O) groups is 2. The summed E-state index contributed by atoms with van der Waals surface area (Å²) in [6, 6.07) is 5.75. The molecule has 7 heteroatoms. The first-order valence-corrected chi connectivity index (χ1v) is 8.88. The largest absolute Gasteiger partial charge is 0.343 e. The third-order valence-corrected chi connectivity index (χ3v) is 5.09. The van der Waals surface area contributed by atoms with Crippen LogP contribution in [-0.4, -0.2) is 28.6 Å². The molecule has 0 saturated carbocycles. The van der Waals surface area contributed by atoms with Crippen LogP contribution in [0.4, 0.5) is 5.13 Å². The Balaban J connectivity index is 1.53. The molecule has 1 heterocycles. The van der Waals surface area contributed by atoms with Gasteiger partial charge in [0.25, 0.3) is 5.91 Å². The highest BCUT2D eigenvalue weighted by Crippen LogP contribution is 2.23. The Morgan fingerprint density at radius 2 is 2.00 bits per heavy atom. The average molecular weight is 344 g/mol. The summed E-state index contributed by atoms with van der Waals surface area (Å²) in [6.07, 6.45) is 3.25. The number of anilines is 1. The predicted molar refractivity (Wildman–Crippen MR) is 93.4 cm³/mol. The Kier molecular flexibility index (Phi) is 4.89. The Morgan fingerprint density at radius 1 is 1.21 bits per heavy atom. The van der Waals surface area contributed by atoms with E-state index in [-0.39, 0.29) is 24.3 Å². The summed E-state index contributed by atoms with van der Waals surface area (Å²) >= 11 is 1.35. The van der Waals surface area contributed by atoms with Gasteiger partial charge in [0, 0.05) is 11.5 Å². The van der Waals surface area contributed by atoms with Gasteiger partial charge in [-0.1, -0.05) is 31.3 Å². The molecule has 3 rings (SSSR count). The summed E-state index contributed by atoms with van der Waals surface area (Å²) < 4.78 is 0. The summed E-state index contributed by atoms with van der Waals surface area (Å²) in [7, 11) is 0. The highest BCUT2D eigenvalue weighted by atomic mass is 32.1. The fourth-order valence-electron chi connectivity index (χ4n) is 2.66. The molecule has 2 N–H and O–H groups in total. The Morgan fingerprint density at radius 3 is 2.75 bits per heavy atom. The van der Waals surface area contributed by atoms with Crippen LogP contribution in [-0.2, 0) is 17.6 Å². The van der Waals surface area contributed by atoms with E-state index < -0.39 is 0 Å². The second kappa shape index (κ2) is 7.09. The van der Waals surface area contributed by atoms with Gasteiger partial charge in [0.05, 0.1) is 6.54 Å². The van der Waals surface area contributed by atoms with Crippen molar-refractivity contribution in [2.75, 3.05) is 11.9 Å². The number of rotatable bonds is 5. The lowest BCUT2D eigenvalue weighted by Crippen LogP contribution is -2.32. The van der Waals surface area contributed by atoms with Gasteiger partial charge in [-0.3, -0.25) is 14.9 Å². The maximum absolute atomic E-state index is 12.2. The molecule has 0 saturated heterocycles. The molecule has 0 aliphatic heterocycles. The molecule has 0 spiro atoms. The van der Waals surface area contributed by atoms with Crippen LogP contribution in [0, 0.1) is 0 Å². The number of fused-ring (bicyclic) bond motifs is 1. The highest BCUT2D eigenvalue weighted by Gasteiger charge is 2.15. The van der Waals surface area contributed by atoms with Crippen molar-refractivity contribution in [2.45, 2.75) is 39.0 Å². The molecule has 1 aromatic carbocycles. The van der Waals surface area contributed by atoms with Gasteiger partial charge in [-0.15, -0.1) is 10.2 Å². The third-order valence-electron chi connectivity index (χ3n) is 3.95. The van der Waals surface area contributed by atoms with Gasteiger partial charge >= 0.3 is 0 Å². The van der Waals surface area contributed by atoms with E-state index in [1.54, 1.807) is 0 Å². The second-order valence-corrected chi connectivity index (χ2v) is 7.18. The maximum atomic E-state index is 12.2. The van der Waals surface area contributed by atoms with Crippen molar-refractivity contribution in [1.29, 1.82) is 0 Å². The number of aryl methyl sites for hydroxylation is 2. The van der Waals surface area contributed by atoms with Crippen molar-refractivity contribution < 1.29 is 9.59 Å². The average Bonchev–Trinajstić information content (AvgIpc) is 3.20. The van der Waals surface area contributed by atoms with E-state index in [0.717, 1.165) is 24.3 Å². The van der Waals surface area contributed by atoms with Gasteiger partial charge in [0.1, 0.15) is 5.01 Å². The van der Waals surface area contributed by atoms with Crippen LogP contribution in [0.15, 0.2) is 18.2 Å². The molecule has 1 aliphatic rings. The Hall–Kier alpha value is -2.28. The number of nitrogens with zero attached hydrogens (tertiary/aromatic N) is 2. The van der Waals surface area contributed by atoms with Crippen LogP contribution < -0.4 is 10.6 Å². The molecule has 2 amide bonds. The van der Waals surface area contributed by atoms with Crippen molar-refractivity contribution in [2.24, 2.45) is 0 Å². The number of aromatic nitrogens is 2. The van der Waals surface area contributed by atoms with Crippen molar-refractivity contribution >= 4 is 28.3 Å². The second-order valence-electron chi connectivity index (χ2n) is 6.17. The number of nitrogens with one attached hydrogen (secondary N) is 2. The summed E-state index contributed by atoms with van der Waals surface area (Å²) in [6.45, 7) is 3.94. The van der Waals surface area contributed by atoms with Gasteiger partial charge in [-0.05, 0) is 42.5 Å². The monoisotopic (exact) mass is 344 g/mol.